The van der Waals surface area contributed by atoms with Crippen molar-refractivity contribution in [3.05, 3.63) is 72.5 Å². The Hall–Kier alpha value is -3.15. The molecule has 0 fully saturated rings. The van der Waals surface area contributed by atoms with E-state index in [0.29, 0.717) is 0 Å². The number of rotatable bonds is 8. The number of allylic oxidation sites excluding steroid dienone is 6. The highest BCUT2D eigenvalue weighted by molar-refractivity contribution is 5.67. The molecule has 1 aliphatic rings. The lowest BCUT2D eigenvalue weighted by atomic mass is 10.2. The number of hydrogen-bond donors (Lipinski definition) is 2. The SMILES string of the molecule is CC/C=C\C(=C/N)CCNc1cc(-n2cccn2)nc(C2=CC=CC2)n1. The fraction of sp³-hybridized carbons (Fsp3) is 0.250. The van der Waals surface area contributed by atoms with Crippen LogP contribution >= 0.6 is 0 Å². The molecule has 6 heteroatoms. The molecular formula is C20H24N6. The van der Waals surface area contributed by atoms with Crippen molar-refractivity contribution in [2.75, 3.05) is 11.9 Å². The molecule has 6 nitrogen and oxygen atoms in total. The van der Waals surface area contributed by atoms with Gasteiger partial charge in [0.25, 0.3) is 0 Å². The maximum absolute atomic E-state index is 5.70. The molecule has 0 atom stereocenters. The van der Waals surface area contributed by atoms with Crippen LogP contribution < -0.4 is 11.1 Å². The first kappa shape index (κ1) is 17.7. The Morgan fingerprint density at radius 2 is 2.31 bits per heavy atom. The predicted octanol–water partition coefficient (Wildman–Crippen LogP) is 3.62. The average Bonchev–Trinajstić information content (AvgIpc) is 3.38. The van der Waals surface area contributed by atoms with Crippen LogP contribution in [0.3, 0.4) is 0 Å². The zero-order valence-corrected chi connectivity index (χ0v) is 15.0. The lowest BCUT2D eigenvalue weighted by Crippen LogP contribution is -2.09. The Balaban J connectivity index is 1.76. The van der Waals surface area contributed by atoms with Crippen molar-refractivity contribution in [2.45, 2.75) is 26.2 Å². The molecule has 0 aliphatic heterocycles. The summed E-state index contributed by atoms with van der Waals surface area (Å²) in [6, 6.07) is 3.79. The molecule has 2 heterocycles. The fourth-order valence-electron chi connectivity index (χ4n) is 2.63. The van der Waals surface area contributed by atoms with Gasteiger partial charge in [0.2, 0.25) is 0 Å². The smallest absolute Gasteiger partial charge is 0.160 e. The Labute approximate surface area is 153 Å². The summed E-state index contributed by atoms with van der Waals surface area (Å²) in [5, 5.41) is 7.66. The summed E-state index contributed by atoms with van der Waals surface area (Å²) in [4.78, 5) is 9.33. The molecule has 3 rings (SSSR count). The molecule has 0 amide bonds. The zero-order valence-electron chi connectivity index (χ0n) is 15.0. The summed E-state index contributed by atoms with van der Waals surface area (Å²) in [5.41, 5.74) is 7.90. The molecule has 26 heavy (non-hydrogen) atoms. The van der Waals surface area contributed by atoms with E-state index in [-0.39, 0.29) is 0 Å². The van der Waals surface area contributed by atoms with Crippen molar-refractivity contribution in [1.82, 2.24) is 19.7 Å². The molecule has 0 saturated heterocycles. The van der Waals surface area contributed by atoms with Crippen LogP contribution in [0.1, 0.15) is 32.0 Å². The van der Waals surface area contributed by atoms with E-state index >= 15 is 0 Å². The second kappa shape index (κ2) is 8.80. The summed E-state index contributed by atoms with van der Waals surface area (Å²) in [6.45, 7) is 2.85. The second-order valence-electron chi connectivity index (χ2n) is 5.94. The standard InChI is InChI=1S/C20H24N6/c1-2-3-7-16(15-21)10-12-22-18-14-19(26-13-6-11-23-26)25-20(24-18)17-8-4-5-9-17/h3-8,11,13-15H,2,9-10,12,21H2,1H3,(H,22,24,25)/b7-3-,16-15+. The van der Waals surface area contributed by atoms with Crippen LogP contribution in [0.15, 0.2) is 66.7 Å². The first-order valence-corrected chi connectivity index (χ1v) is 8.86. The second-order valence-corrected chi connectivity index (χ2v) is 5.94. The van der Waals surface area contributed by atoms with Crippen molar-refractivity contribution >= 4 is 11.4 Å². The normalized spacial score (nSPS) is 14.2. The van der Waals surface area contributed by atoms with Gasteiger partial charge in [0.05, 0.1) is 0 Å². The highest BCUT2D eigenvalue weighted by Crippen LogP contribution is 2.22. The lowest BCUT2D eigenvalue weighted by molar-refractivity contribution is 0.833. The Bertz CT molecular complexity index is 843. The van der Waals surface area contributed by atoms with Crippen molar-refractivity contribution in [1.29, 1.82) is 0 Å². The van der Waals surface area contributed by atoms with Crippen LogP contribution in [0.25, 0.3) is 11.4 Å². The first-order chi connectivity index (χ1) is 12.8. The topological polar surface area (TPSA) is 81.6 Å². The highest BCUT2D eigenvalue weighted by Gasteiger charge is 2.11. The molecule has 2 aromatic rings. The van der Waals surface area contributed by atoms with E-state index in [1.54, 1.807) is 17.1 Å². The molecule has 0 spiro atoms. The molecule has 0 bridgehead atoms. The predicted molar refractivity (Wildman–Crippen MR) is 106 cm³/mol. The molecule has 0 unspecified atom stereocenters. The van der Waals surface area contributed by atoms with E-state index in [2.05, 4.69) is 51.6 Å². The molecule has 0 saturated carbocycles. The number of nitrogens with one attached hydrogen (secondary N) is 1. The van der Waals surface area contributed by atoms with Crippen LogP contribution in [0, 0.1) is 0 Å². The van der Waals surface area contributed by atoms with Gasteiger partial charge in [0.1, 0.15) is 5.82 Å². The van der Waals surface area contributed by atoms with E-state index in [1.807, 2.05) is 24.4 Å². The van der Waals surface area contributed by atoms with Crippen LogP contribution in [-0.2, 0) is 0 Å². The number of aromatic nitrogens is 4. The highest BCUT2D eigenvalue weighted by atomic mass is 15.3. The van der Waals surface area contributed by atoms with E-state index in [4.69, 9.17) is 5.73 Å². The summed E-state index contributed by atoms with van der Waals surface area (Å²) < 4.78 is 1.74. The van der Waals surface area contributed by atoms with Gasteiger partial charge >= 0.3 is 0 Å². The minimum Gasteiger partial charge on any atom is -0.404 e. The van der Waals surface area contributed by atoms with Gasteiger partial charge in [-0.3, -0.25) is 0 Å². The third-order valence-corrected chi connectivity index (χ3v) is 4.01. The van der Waals surface area contributed by atoms with Crippen molar-refractivity contribution in [3.8, 4) is 5.82 Å². The molecule has 2 aromatic heterocycles. The van der Waals surface area contributed by atoms with Crippen LogP contribution in [0.5, 0.6) is 0 Å². The minimum absolute atomic E-state index is 0.728. The monoisotopic (exact) mass is 348 g/mol. The Morgan fingerprint density at radius 3 is 3.00 bits per heavy atom. The molecule has 0 radical (unpaired) electrons. The number of anilines is 1. The van der Waals surface area contributed by atoms with Gasteiger partial charge in [-0.05, 0) is 37.1 Å². The molecule has 0 aromatic carbocycles. The van der Waals surface area contributed by atoms with Crippen LogP contribution in [0.4, 0.5) is 5.82 Å². The van der Waals surface area contributed by atoms with Gasteiger partial charge < -0.3 is 11.1 Å². The summed E-state index contributed by atoms with van der Waals surface area (Å²) in [5.74, 6) is 2.26. The Kier molecular flexibility index (Phi) is 5.98. The number of hydrogen-bond acceptors (Lipinski definition) is 5. The fourth-order valence-corrected chi connectivity index (χ4v) is 2.63. The van der Waals surface area contributed by atoms with Crippen molar-refractivity contribution in [3.63, 3.8) is 0 Å². The molecular weight excluding hydrogens is 324 g/mol. The van der Waals surface area contributed by atoms with Gasteiger partial charge in [-0.1, -0.05) is 37.3 Å². The Morgan fingerprint density at radius 1 is 1.38 bits per heavy atom. The van der Waals surface area contributed by atoms with Crippen LogP contribution in [-0.4, -0.2) is 26.3 Å². The van der Waals surface area contributed by atoms with E-state index < -0.39 is 0 Å². The van der Waals surface area contributed by atoms with Gasteiger partial charge in [0, 0.05) is 30.6 Å². The summed E-state index contributed by atoms with van der Waals surface area (Å²) in [6.07, 6.45) is 18.3. The largest absolute Gasteiger partial charge is 0.404 e. The molecule has 134 valence electrons. The maximum Gasteiger partial charge on any atom is 0.160 e. The lowest BCUT2D eigenvalue weighted by Gasteiger charge is -2.11. The van der Waals surface area contributed by atoms with E-state index in [1.165, 1.54) is 0 Å². The first-order valence-electron chi connectivity index (χ1n) is 8.86. The van der Waals surface area contributed by atoms with E-state index in [0.717, 1.165) is 54.4 Å². The number of nitrogens with two attached hydrogens (primary N) is 1. The quantitative estimate of drug-likeness (QED) is 0.712. The molecule has 1 aliphatic carbocycles. The van der Waals surface area contributed by atoms with Gasteiger partial charge in [-0.15, -0.1) is 0 Å². The summed E-state index contributed by atoms with van der Waals surface area (Å²) in [7, 11) is 0. The minimum atomic E-state index is 0.728. The number of nitrogens with zero attached hydrogens (tertiary/aromatic N) is 4. The van der Waals surface area contributed by atoms with Gasteiger partial charge in [-0.25, -0.2) is 14.6 Å². The van der Waals surface area contributed by atoms with Crippen molar-refractivity contribution in [2.24, 2.45) is 5.73 Å². The average molecular weight is 348 g/mol. The van der Waals surface area contributed by atoms with Gasteiger partial charge in [-0.2, -0.15) is 5.10 Å². The zero-order chi connectivity index (χ0) is 18.2. The third kappa shape index (κ3) is 4.47. The van der Waals surface area contributed by atoms with Gasteiger partial charge in [0.15, 0.2) is 11.6 Å². The van der Waals surface area contributed by atoms with Crippen molar-refractivity contribution < 1.29 is 0 Å². The van der Waals surface area contributed by atoms with Crippen LogP contribution in [0.2, 0.25) is 0 Å². The third-order valence-electron chi connectivity index (χ3n) is 4.01. The van der Waals surface area contributed by atoms with E-state index in [9.17, 15) is 0 Å². The molecule has 3 N–H and O–H groups in total. The maximum atomic E-state index is 5.70. The summed E-state index contributed by atoms with van der Waals surface area (Å²) >= 11 is 0.